The minimum absolute atomic E-state index is 0.165. The van der Waals surface area contributed by atoms with E-state index in [9.17, 15) is 4.39 Å². The lowest BCUT2D eigenvalue weighted by Gasteiger charge is -2.49. The van der Waals surface area contributed by atoms with Gasteiger partial charge in [-0.2, -0.15) is 0 Å². The quantitative estimate of drug-likeness (QED) is 0.710. The first-order chi connectivity index (χ1) is 13.6. The highest BCUT2D eigenvalue weighted by Crippen LogP contribution is 2.35. The Labute approximate surface area is 172 Å². The molecule has 2 aliphatic heterocycles. The van der Waals surface area contributed by atoms with Crippen molar-refractivity contribution in [3.8, 4) is 0 Å². The van der Waals surface area contributed by atoms with E-state index in [1.807, 2.05) is 12.1 Å². The second-order valence-corrected chi connectivity index (χ2v) is 8.58. The summed E-state index contributed by atoms with van der Waals surface area (Å²) in [5, 5.41) is 7.56. The minimum Gasteiger partial charge on any atom is -0.360 e. The van der Waals surface area contributed by atoms with Crippen LogP contribution in [0.3, 0.4) is 0 Å². The van der Waals surface area contributed by atoms with Crippen LogP contribution >= 0.6 is 12.2 Å². The number of nitrogens with one attached hydrogen (secondary N) is 2. The number of fused-ring (bicyclic) bond motifs is 2. The number of nitrogens with zero attached hydrogens (tertiary/aromatic N) is 1. The average Bonchev–Trinajstić information content (AvgIpc) is 2.66. The highest BCUT2D eigenvalue weighted by molar-refractivity contribution is 7.80. The predicted molar refractivity (Wildman–Crippen MR) is 117 cm³/mol. The normalized spacial score (nSPS) is 24.6. The van der Waals surface area contributed by atoms with Gasteiger partial charge >= 0.3 is 0 Å². The first kappa shape index (κ1) is 19.3. The van der Waals surface area contributed by atoms with Crippen molar-refractivity contribution in [2.24, 2.45) is 0 Å². The van der Waals surface area contributed by atoms with Crippen LogP contribution in [0.5, 0.6) is 0 Å². The van der Waals surface area contributed by atoms with Gasteiger partial charge in [0.1, 0.15) is 5.82 Å². The van der Waals surface area contributed by atoms with Crippen LogP contribution in [0.2, 0.25) is 0 Å². The van der Waals surface area contributed by atoms with Crippen LogP contribution in [0.15, 0.2) is 48.5 Å². The molecule has 0 amide bonds. The molecule has 0 saturated carbocycles. The van der Waals surface area contributed by atoms with E-state index < -0.39 is 0 Å². The van der Waals surface area contributed by atoms with Gasteiger partial charge < -0.3 is 10.6 Å². The van der Waals surface area contributed by atoms with Gasteiger partial charge in [0.05, 0.1) is 0 Å². The molecule has 2 aliphatic rings. The van der Waals surface area contributed by atoms with Crippen molar-refractivity contribution in [3.05, 3.63) is 65.5 Å². The fourth-order valence-corrected chi connectivity index (χ4v) is 4.93. The fraction of sp³-hybridized carbons (Fsp3) is 0.435. The third-order valence-electron chi connectivity index (χ3n) is 6.05. The first-order valence-electron chi connectivity index (χ1n) is 10.2. The van der Waals surface area contributed by atoms with Gasteiger partial charge in [-0.15, -0.1) is 0 Å². The molecule has 148 valence electrons. The molecule has 0 radical (unpaired) electrons. The van der Waals surface area contributed by atoms with Gasteiger partial charge in [-0.1, -0.05) is 36.2 Å². The first-order valence-corrected chi connectivity index (χ1v) is 10.6. The van der Waals surface area contributed by atoms with Crippen molar-refractivity contribution in [1.82, 2.24) is 10.2 Å². The molecule has 2 atom stereocenters. The van der Waals surface area contributed by atoms with Crippen molar-refractivity contribution in [3.63, 3.8) is 0 Å². The zero-order valence-electron chi connectivity index (χ0n) is 16.3. The summed E-state index contributed by atoms with van der Waals surface area (Å²) in [6, 6.07) is 16.8. The van der Waals surface area contributed by atoms with Crippen LogP contribution in [0, 0.1) is 12.7 Å². The third-order valence-corrected chi connectivity index (χ3v) is 6.27. The van der Waals surface area contributed by atoms with Crippen LogP contribution in [-0.2, 0) is 6.54 Å². The summed E-state index contributed by atoms with van der Waals surface area (Å²) in [7, 11) is 0. The van der Waals surface area contributed by atoms with Gasteiger partial charge in [-0.3, -0.25) is 4.90 Å². The summed E-state index contributed by atoms with van der Waals surface area (Å²) in [5.74, 6) is -0.165. The molecule has 4 rings (SSSR count). The largest absolute Gasteiger partial charge is 0.360 e. The predicted octanol–water partition coefficient (Wildman–Crippen LogP) is 5.01. The molecule has 0 spiro atoms. The molecule has 0 aromatic heterocycles. The van der Waals surface area contributed by atoms with Crippen molar-refractivity contribution < 1.29 is 4.39 Å². The fourth-order valence-electron chi connectivity index (χ4n) is 4.64. The SMILES string of the molecule is Cc1ccc(NC(=S)NC2CC3CCCC(C2)N3Cc2ccc(F)cc2)cc1. The molecular formula is C23H28FN3S. The minimum atomic E-state index is -0.165. The number of aryl methyl sites for hydroxylation is 1. The van der Waals surface area contributed by atoms with Gasteiger partial charge in [0, 0.05) is 30.4 Å². The molecule has 2 N–H and O–H groups in total. The number of anilines is 1. The van der Waals surface area contributed by atoms with Crippen LogP contribution in [0.4, 0.5) is 10.1 Å². The Morgan fingerprint density at radius 1 is 1.04 bits per heavy atom. The van der Waals surface area contributed by atoms with E-state index in [-0.39, 0.29) is 5.82 Å². The third kappa shape index (κ3) is 4.70. The van der Waals surface area contributed by atoms with E-state index in [1.165, 1.54) is 30.4 Å². The number of hydrogen-bond acceptors (Lipinski definition) is 2. The lowest BCUT2D eigenvalue weighted by Crippen LogP contribution is -2.56. The number of halogens is 1. The smallest absolute Gasteiger partial charge is 0.170 e. The molecule has 0 aliphatic carbocycles. The number of benzene rings is 2. The Balaban J connectivity index is 1.35. The van der Waals surface area contributed by atoms with Gasteiger partial charge in [0.2, 0.25) is 0 Å². The maximum absolute atomic E-state index is 13.2. The molecule has 3 nitrogen and oxygen atoms in total. The van der Waals surface area contributed by atoms with Crippen molar-refractivity contribution in [1.29, 1.82) is 0 Å². The van der Waals surface area contributed by atoms with Crippen LogP contribution in [0.1, 0.15) is 43.2 Å². The average molecular weight is 398 g/mol. The summed E-state index contributed by atoms with van der Waals surface area (Å²) >= 11 is 5.56. The topological polar surface area (TPSA) is 27.3 Å². The lowest BCUT2D eigenvalue weighted by atomic mass is 9.81. The lowest BCUT2D eigenvalue weighted by molar-refractivity contribution is 0.0211. The maximum Gasteiger partial charge on any atom is 0.170 e. The van der Waals surface area contributed by atoms with E-state index in [4.69, 9.17) is 12.2 Å². The van der Waals surface area contributed by atoms with E-state index in [2.05, 4.69) is 46.7 Å². The Bertz CT molecular complexity index is 792. The van der Waals surface area contributed by atoms with Crippen LogP contribution in [0.25, 0.3) is 0 Å². The van der Waals surface area contributed by atoms with Gasteiger partial charge in [0.15, 0.2) is 5.11 Å². The zero-order valence-corrected chi connectivity index (χ0v) is 17.1. The molecule has 2 bridgehead atoms. The van der Waals surface area contributed by atoms with E-state index >= 15 is 0 Å². The van der Waals surface area contributed by atoms with E-state index in [0.717, 1.165) is 25.1 Å². The second kappa shape index (κ2) is 8.58. The molecule has 28 heavy (non-hydrogen) atoms. The van der Waals surface area contributed by atoms with E-state index in [1.54, 1.807) is 12.1 Å². The number of piperidine rings is 2. The Morgan fingerprint density at radius 3 is 2.32 bits per heavy atom. The standard InChI is InChI=1S/C23H28FN3S/c1-16-5-11-19(12-6-16)25-23(28)26-20-13-21-3-2-4-22(14-20)27(21)15-17-7-9-18(24)10-8-17/h5-12,20-22H,2-4,13-15H2,1H3,(H2,25,26,28). The van der Waals surface area contributed by atoms with Gasteiger partial charge in [-0.05, 0) is 74.7 Å². The highest BCUT2D eigenvalue weighted by atomic mass is 32.1. The summed E-state index contributed by atoms with van der Waals surface area (Å²) < 4.78 is 13.2. The van der Waals surface area contributed by atoms with Crippen LogP contribution < -0.4 is 10.6 Å². The monoisotopic (exact) mass is 397 g/mol. The Kier molecular flexibility index (Phi) is 5.93. The molecule has 5 heteroatoms. The number of rotatable bonds is 4. The van der Waals surface area contributed by atoms with Crippen molar-refractivity contribution in [2.75, 3.05) is 5.32 Å². The maximum atomic E-state index is 13.2. The van der Waals surface area contributed by atoms with Gasteiger partial charge in [-0.25, -0.2) is 4.39 Å². The van der Waals surface area contributed by atoms with Gasteiger partial charge in [0.25, 0.3) is 0 Å². The molecule has 2 fully saturated rings. The van der Waals surface area contributed by atoms with Crippen LogP contribution in [-0.4, -0.2) is 28.1 Å². The molecule has 2 unspecified atom stereocenters. The zero-order chi connectivity index (χ0) is 19.5. The molecular weight excluding hydrogens is 369 g/mol. The Hall–Kier alpha value is -1.98. The molecule has 2 heterocycles. The highest BCUT2D eigenvalue weighted by Gasteiger charge is 2.38. The number of hydrogen-bond donors (Lipinski definition) is 2. The van der Waals surface area contributed by atoms with Crippen molar-refractivity contribution >= 4 is 23.0 Å². The van der Waals surface area contributed by atoms with Crippen molar-refractivity contribution in [2.45, 2.75) is 63.7 Å². The summed E-state index contributed by atoms with van der Waals surface area (Å²) in [6.07, 6.45) is 5.97. The Morgan fingerprint density at radius 2 is 1.68 bits per heavy atom. The molecule has 2 aromatic rings. The summed E-state index contributed by atoms with van der Waals surface area (Å²) in [6.45, 7) is 2.99. The number of thiocarbonyl (C=S) groups is 1. The molecule has 2 aromatic carbocycles. The second-order valence-electron chi connectivity index (χ2n) is 8.17. The summed E-state index contributed by atoms with van der Waals surface area (Å²) in [4.78, 5) is 2.63. The summed E-state index contributed by atoms with van der Waals surface area (Å²) in [5.41, 5.74) is 3.46. The van der Waals surface area contributed by atoms with E-state index in [0.29, 0.717) is 23.2 Å². The molecule has 2 saturated heterocycles.